The van der Waals surface area contributed by atoms with E-state index in [4.69, 9.17) is 24.5 Å². The summed E-state index contributed by atoms with van der Waals surface area (Å²) in [5, 5.41) is 18.2. The van der Waals surface area contributed by atoms with Crippen molar-refractivity contribution < 1.29 is 24.5 Å². The summed E-state index contributed by atoms with van der Waals surface area (Å²) in [5.74, 6) is -2.60. The molecule has 1 aliphatic rings. The van der Waals surface area contributed by atoms with Crippen molar-refractivity contribution in [3.8, 4) is 5.75 Å². The van der Waals surface area contributed by atoms with Crippen LogP contribution in [0, 0.1) is 6.92 Å². The average Bonchev–Trinajstić information content (AvgIpc) is 2.55. The molecular weight excluding hydrogens is 336 g/mol. The molecule has 7 nitrogen and oxygen atoms in total. The third kappa shape index (κ3) is 7.84. The molecule has 26 heavy (non-hydrogen) atoms. The fraction of sp³-hybridized carbons (Fsp3) is 0.579. The normalized spacial score (nSPS) is 14.9. The lowest BCUT2D eigenvalue weighted by Crippen LogP contribution is -2.44. The van der Waals surface area contributed by atoms with Crippen LogP contribution in [-0.2, 0) is 15.0 Å². The molecule has 0 spiro atoms. The van der Waals surface area contributed by atoms with Crippen molar-refractivity contribution in [2.75, 3.05) is 39.3 Å². The molecule has 1 aromatic carbocycles. The van der Waals surface area contributed by atoms with Gasteiger partial charge in [0, 0.05) is 32.7 Å². The predicted octanol–water partition coefficient (Wildman–Crippen LogP) is 1.73. The number of carbonyl (C=O) groups is 2. The number of rotatable bonds is 4. The van der Waals surface area contributed by atoms with Gasteiger partial charge in [0.15, 0.2) is 0 Å². The molecule has 0 saturated carbocycles. The first-order valence-electron chi connectivity index (χ1n) is 8.74. The Bertz CT molecular complexity index is 592. The van der Waals surface area contributed by atoms with Gasteiger partial charge in [-0.1, -0.05) is 32.9 Å². The van der Waals surface area contributed by atoms with Gasteiger partial charge < -0.3 is 20.3 Å². The van der Waals surface area contributed by atoms with Crippen molar-refractivity contribution in [2.45, 2.75) is 33.1 Å². The molecule has 1 heterocycles. The second-order valence-electron chi connectivity index (χ2n) is 7.30. The third-order valence-electron chi connectivity index (χ3n) is 4.00. The highest BCUT2D eigenvalue weighted by Gasteiger charge is 2.19. The summed E-state index contributed by atoms with van der Waals surface area (Å²) in [4.78, 5) is 20.7. The molecule has 2 rings (SSSR count). The van der Waals surface area contributed by atoms with E-state index >= 15 is 0 Å². The van der Waals surface area contributed by atoms with Gasteiger partial charge in [0.2, 0.25) is 0 Å². The van der Waals surface area contributed by atoms with Gasteiger partial charge in [-0.25, -0.2) is 9.59 Å². The van der Waals surface area contributed by atoms with Gasteiger partial charge in [0.1, 0.15) is 12.4 Å². The molecule has 7 heteroatoms. The number of aliphatic carboxylic acids is 2. The number of piperazine rings is 1. The predicted molar refractivity (Wildman–Crippen MR) is 100.0 cm³/mol. The quantitative estimate of drug-likeness (QED) is 0.698. The van der Waals surface area contributed by atoms with E-state index in [1.54, 1.807) is 0 Å². The van der Waals surface area contributed by atoms with E-state index in [1.165, 1.54) is 11.1 Å². The standard InChI is InChI=1S/C17H28N2O.C2H2O4/c1-14-5-6-15(17(2,3)4)16(13-14)20-12-11-19-9-7-18-8-10-19;3-1(4)2(5)6/h5-6,13,18H,7-12H2,1-4H3;(H,3,4)(H,5,6). The molecule has 0 amide bonds. The highest BCUT2D eigenvalue weighted by molar-refractivity contribution is 6.27. The zero-order valence-corrected chi connectivity index (χ0v) is 16.0. The van der Waals surface area contributed by atoms with E-state index in [9.17, 15) is 0 Å². The number of benzene rings is 1. The largest absolute Gasteiger partial charge is 0.492 e. The molecule has 0 unspecified atom stereocenters. The summed E-state index contributed by atoms with van der Waals surface area (Å²) in [7, 11) is 0. The molecule has 0 radical (unpaired) electrons. The van der Waals surface area contributed by atoms with E-state index in [1.807, 2.05) is 0 Å². The molecule has 0 aromatic heterocycles. The first kappa shape index (κ1) is 21.9. The van der Waals surface area contributed by atoms with Gasteiger partial charge in [-0.2, -0.15) is 0 Å². The smallest absolute Gasteiger partial charge is 0.414 e. The average molecular weight is 366 g/mol. The minimum absolute atomic E-state index is 0.123. The highest BCUT2D eigenvalue weighted by Crippen LogP contribution is 2.32. The maximum Gasteiger partial charge on any atom is 0.414 e. The first-order chi connectivity index (χ1) is 12.1. The van der Waals surface area contributed by atoms with Crippen molar-refractivity contribution in [1.29, 1.82) is 0 Å². The number of carboxylic acid groups (broad SMARTS) is 2. The summed E-state index contributed by atoms with van der Waals surface area (Å²) >= 11 is 0. The summed E-state index contributed by atoms with van der Waals surface area (Å²) in [5.41, 5.74) is 2.68. The molecule has 1 aromatic rings. The Labute approximate surface area is 155 Å². The number of aryl methyl sites for hydroxylation is 1. The van der Waals surface area contributed by atoms with Crippen molar-refractivity contribution in [3.05, 3.63) is 29.3 Å². The fourth-order valence-electron chi connectivity index (χ4n) is 2.59. The summed E-state index contributed by atoms with van der Waals surface area (Å²) in [6, 6.07) is 6.54. The zero-order valence-electron chi connectivity index (χ0n) is 16.0. The lowest BCUT2D eigenvalue weighted by Gasteiger charge is -2.28. The van der Waals surface area contributed by atoms with Crippen LogP contribution >= 0.6 is 0 Å². The van der Waals surface area contributed by atoms with Crippen molar-refractivity contribution in [3.63, 3.8) is 0 Å². The Morgan fingerprint density at radius 3 is 2.23 bits per heavy atom. The van der Waals surface area contributed by atoms with E-state index in [2.05, 4.69) is 56.1 Å². The van der Waals surface area contributed by atoms with Gasteiger partial charge in [0.25, 0.3) is 0 Å². The van der Waals surface area contributed by atoms with Gasteiger partial charge in [-0.05, 0) is 29.5 Å². The Hall–Kier alpha value is -2.12. The molecule has 0 atom stereocenters. The van der Waals surface area contributed by atoms with Crippen LogP contribution in [0.3, 0.4) is 0 Å². The van der Waals surface area contributed by atoms with Crippen molar-refractivity contribution >= 4 is 11.9 Å². The number of hydrogen-bond donors (Lipinski definition) is 3. The third-order valence-corrected chi connectivity index (χ3v) is 4.00. The number of carboxylic acids is 2. The molecule has 1 saturated heterocycles. The van der Waals surface area contributed by atoms with E-state index < -0.39 is 11.9 Å². The second-order valence-corrected chi connectivity index (χ2v) is 7.30. The number of ether oxygens (including phenoxy) is 1. The molecule has 3 N–H and O–H groups in total. The monoisotopic (exact) mass is 366 g/mol. The van der Waals surface area contributed by atoms with Crippen LogP contribution in [0.1, 0.15) is 31.9 Å². The van der Waals surface area contributed by atoms with Gasteiger partial charge in [0.05, 0.1) is 0 Å². The number of hydrogen-bond acceptors (Lipinski definition) is 5. The van der Waals surface area contributed by atoms with Gasteiger partial charge in [-0.15, -0.1) is 0 Å². The lowest BCUT2D eigenvalue weighted by molar-refractivity contribution is -0.159. The van der Waals surface area contributed by atoms with Gasteiger partial charge >= 0.3 is 11.9 Å². The maximum atomic E-state index is 9.10. The van der Waals surface area contributed by atoms with Crippen LogP contribution in [0.15, 0.2) is 18.2 Å². The van der Waals surface area contributed by atoms with Crippen molar-refractivity contribution in [1.82, 2.24) is 10.2 Å². The molecule has 1 aliphatic heterocycles. The van der Waals surface area contributed by atoms with Crippen LogP contribution in [-0.4, -0.2) is 66.4 Å². The summed E-state index contributed by atoms with van der Waals surface area (Å²) in [6.45, 7) is 15.1. The minimum atomic E-state index is -1.82. The van der Waals surface area contributed by atoms with E-state index in [-0.39, 0.29) is 5.41 Å². The minimum Gasteiger partial charge on any atom is -0.492 e. The van der Waals surface area contributed by atoms with E-state index in [0.717, 1.165) is 45.1 Å². The molecule has 0 aliphatic carbocycles. The van der Waals surface area contributed by atoms with Crippen LogP contribution in [0.2, 0.25) is 0 Å². The number of nitrogens with zero attached hydrogens (tertiary/aromatic N) is 1. The van der Waals surface area contributed by atoms with Crippen LogP contribution < -0.4 is 10.1 Å². The topological polar surface area (TPSA) is 99.1 Å². The fourth-order valence-corrected chi connectivity index (χ4v) is 2.59. The van der Waals surface area contributed by atoms with Crippen molar-refractivity contribution in [2.24, 2.45) is 0 Å². The molecular formula is C19H30N2O5. The highest BCUT2D eigenvalue weighted by atomic mass is 16.5. The SMILES string of the molecule is Cc1ccc(C(C)(C)C)c(OCCN2CCNCC2)c1.O=C(O)C(=O)O. The number of nitrogens with one attached hydrogen (secondary N) is 1. The maximum absolute atomic E-state index is 9.10. The lowest BCUT2D eigenvalue weighted by atomic mass is 9.86. The Morgan fingerprint density at radius 1 is 1.15 bits per heavy atom. The Kier molecular flexibility index (Phi) is 8.54. The summed E-state index contributed by atoms with van der Waals surface area (Å²) in [6.07, 6.45) is 0. The Morgan fingerprint density at radius 2 is 1.73 bits per heavy atom. The van der Waals surface area contributed by atoms with E-state index in [0.29, 0.717) is 0 Å². The Balaban J connectivity index is 0.000000487. The van der Waals surface area contributed by atoms with Gasteiger partial charge in [-0.3, -0.25) is 4.90 Å². The van der Waals surface area contributed by atoms with Crippen LogP contribution in [0.4, 0.5) is 0 Å². The summed E-state index contributed by atoms with van der Waals surface area (Å²) < 4.78 is 6.09. The first-order valence-corrected chi connectivity index (χ1v) is 8.74. The van der Waals surface area contributed by atoms with Crippen LogP contribution in [0.25, 0.3) is 0 Å². The van der Waals surface area contributed by atoms with Crippen LogP contribution in [0.5, 0.6) is 5.75 Å². The molecule has 0 bridgehead atoms. The second kappa shape index (κ2) is 10.1. The molecule has 1 fully saturated rings. The molecule has 146 valence electrons. The zero-order chi connectivity index (χ0) is 19.7.